The van der Waals surface area contributed by atoms with Gasteiger partial charge in [0.05, 0.1) is 5.56 Å². The number of rotatable bonds is 3. The third-order valence-electron chi connectivity index (χ3n) is 6.04. The first-order valence-electron chi connectivity index (χ1n) is 10.2. The third-order valence-corrected chi connectivity index (χ3v) is 6.04. The Labute approximate surface area is 170 Å². The average molecular weight is 385 g/mol. The number of hydrogen-bond donors (Lipinski definition) is 1. The Morgan fingerprint density at radius 1 is 1.17 bits per heavy atom. The van der Waals surface area contributed by atoms with Gasteiger partial charge in [0.1, 0.15) is 5.52 Å². The molecular formula is C24H23N3O2. The van der Waals surface area contributed by atoms with E-state index in [0.717, 1.165) is 30.8 Å². The van der Waals surface area contributed by atoms with Gasteiger partial charge in [-0.25, -0.2) is 4.98 Å². The molecule has 2 bridgehead atoms. The highest BCUT2D eigenvalue weighted by molar-refractivity contribution is 6.05. The molecule has 146 valence electrons. The highest BCUT2D eigenvalue weighted by Crippen LogP contribution is 2.29. The molecule has 5 heteroatoms. The Morgan fingerprint density at radius 2 is 1.97 bits per heavy atom. The monoisotopic (exact) mass is 385 g/mol. The minimum Gasteiger partial charge on any atom is -0.436 e. The van der Waals surface area contributed by atoms with E-state index in [0.29, 0.717) is 28.5 Å². The molecule has 3 fully saturated rings. The molecule has 1 amide bonds. The molecule has 0 radical (unpaired) electrons. The molecule has 4 heterocycles. The molecular weight excluding hydrogens is 362 g/mol. The van der Waals surface area contributed by atoms with Gasteiger partial charge in [-0.1, -0.05) is 12.0 Å². The number of para-hydroxylation sites is 1. The molecule has 1 N–H and O–H groups in total. The molecule has 0 saturated carbocycles. The molecule has 0 spiro atoms. The number of hydrogen-bond acceptors (Lipinski definition) is 4. The zero-order valence-electron chi connectivity index (χ0n) is 16.4. The largest absolute Gasteiger partial charge is 0.436 e. The number of fused-ring (bicyclic) bond motifs is 4. The summed E-state index contributed by atoms with van der Waals surface area (Å²) in [5.74, 6) is 6.95. The zero-order chi connectivity index (χ0) is 19.8. The number of aromatic nitrogens is 1. The average Bonchev–Trinajstić information content (AvgIpc) is 3.20. The summed E-state index contributed by atoms with van der Waals surface area (Å²) in [6.45, 7) is 5.07. The SMILES string of the molecule is CC#Cc1ccc(-c2nc3c(C(=O)NC4CN5CCC4CC5)cccc3o2)cc1. The molecule has 29 heavy (non-hydrogen) atoms. The molecule has 5 nitrogen and oxygen atoms in total. The summed E-state index contributed by atoms with van der Waals surface area (Å²) >= 11 is 0. The van der Waals surface area contributed by atoms with E-state index in [1.54, 1.807) is 0 Å². The maximum Gasteiger partial charge on any atom is 0.253 e. The van der Waals surface area contributed by atoms with Gasteiger partial charge < -0.3 is 14.6 Å². The van der Waals surface area contributed by atoms with Crippen LogP contribution in [0.4, 0.5) is 0 Å². The summed E-state index contributed by atoms with van der Waals surface area (Å²) in [5, 5.41) is 3.25. The van der Waals surface area contributed by atoms with Crippen molar-refractivity contribution in [3.8, 4) is 23.3 Å². The Kier molecular flexibility index (Phi) is 4.57. The van der Waals surface area contributed by atoms with Crippen LogP contribution >= 0.6 is 0 Å². The first kappa shape index (κ1) is 18.0. The lowest BCUT2D eigenvalue weighted by molar-refractivity contribution is 0.0621. The van der Waals surface area contributed by atoms with E-state index in [1.807, 2.05) is 49.4 Å². The lowest BCUT2D eigenvalue weighted by atomic mass is 9.84. The second-order valence-corrected chi connectivity index (χ2v) is 7.84. The van der Waals surface area contributed by atoms with Crippen LogP contribution in [0.2, 0.25) is 0 Å². The second kappa shape index (κ2) is 7.38. The maximum atomic E-state index is 13.0. The van der Waals surface area contributed by atoms with Crippen LogP contribution in [0.25, 0.3) is 22.6 Å². The fourth-order valence-corrected chi connectivity index (χ4v) is 4.47. The summed E-state index contributed by atoms with van der Waals surface area (Å²) in [6.07, 6.45) is 2.34. The Balaban J connectivity index is 1.42. The fourth-order valence-electron chi connectivity index (χ4n) is 4.47. The van der Waals surface area contributed by atoms with Gasteiger partial charge in [-0.05, 0) is 75.2 Å². The van der Waals surface area contributed by atoms with Gasteiger partial charge in [0.15, 0.2) is 5.58 Å². The van der Waals surface area contributed by atoms with Gasteiger partial charge in [0.25, 0.3) is 5.91 Å². The van der Waals surface area contributed by atoms with E-state index in [9.17, 15) is 4.79 Å². The van der Waals surface area contributed by atoms with Crippen LogP contribution in [0.5, 0.6) is 0 Å². The van der Waals surface area contributed by atoms with Crippen molar-refractivity contribution in [2.45, 2.75) is 25.8 Å². The molecule has 1 unspecified atom stereocenters. The van der Waals surface area contributed by atoms with Gasteiger partial charge in [-0.15, -0.1) is 5.92 Å². The molecule has 1 aromatic heterocycles. The van der Waals surface area contributed by atoms with E-state index in [1.165, 1.54) is 12.8 Å². The second-order valence-electron chi connectivity index (χ2n) is 7.84. The van der Waals surface area contributed by atoms with Crippen LogP contribution in [0.3, 0.4) is 0 Å². The van der Waals surface area contributed by atoms with E-state index >= 15 is 0 Å². The standard InChI is InChI=1S/C24H23N3O2/c1-2-4-16-7-9-18(10-8-16)24-26-22-19(5-3-6-21(22)29-24)23(28)25-20-15-27-13-11-17(20)12-14-27/h3,5-10,17,20H,11-15H2,1H3,(H,25,28). The van der Waals surface area contributed by atoms with Crippen molar-refractivity contribution >= 4 is 17.0 Å². The molecule has 1 atom stereocenters. The van der Waals surface area contributed by atoms with E-state index in [-0.39, 0.29) is 11.9 Å². The summed E-state index contributed by atoms with van der Waals surface area (Å²) in [7, 11) is 0. The molecule has 2 aromatic carbocycles. The van der Waals surface area contributed by atoms with E-state index in [4.69, 9.17) is 4.42 Å². The lowest BCUT2D eigenvalue weighted by Crippen LogP contribution is -2.57. The Morgan fingerprint density at radius 3 is 2.66 bits per heavy atom. The quantitative estimate of drug-likeness (QED) is 0.699. The van der Waals surface area contributed by atoms with Crippen LogP contribution in [0, 0.1) is 17.8 Å². The normalized spacial score (nSPS) is 22.9. The van der Waals surface area contributed by atoms with Crippen LogP contribution < -0.4 is 5.32 Å². The molecule has 3 aromatic rings. The van der Waals surface area contributed by atoms with Gasteiger partial charge in [0.2, 0.25) is 5.89 Å². The van der Waals surface area contributed by atoms with Crippen LogP contribution in [-0.4, -0.2) is 41.5 Å². The number of nitrogens with zero attached hydrogens (tertiary/aromatic N) is 2. The number of carbonyl (C=O) groups is 1. The number of nitrogens with one attached hydrogen (secondary N) is 1. The highest BCUT2D eigenvalue weighted by Gasteiger charge is 2.35. The smallest absolute Gasteiger partial charge is 0.253 e. The fraction of sp³-hybridized carbons (Fsp3) is 0.333. The van der Waals surface area contributed by atoms with E-state index < -0.39 is 0 Å². The maximum absolute atomic E-state index is 13.0. The van der Waals surface area contributed by atoms with Crippen molar-refractivity contribution in [2.75, 3.05) is 19.6 Å². The van der Waals surface area contributed by atoms with Crippen molar-refractivity contribution in [1.82, 2.24) is 15.2 Å². The third kappa shape index (κ3) is 3.41. The van der Waals surface area contributed by atoms with Crippen molar-refractivity contribution in [2.24, 2.45) is 5.92 Å². The van der Waals surface area contributed by atoms with Crippen molar-refractivity contribution in [3.63, 3.8) is 0 Å². The first-order chi connectivity index (χ1) is 14.2. The predicted molar refractivity (Wildman–Crippen MR) is 112 cm³/mol. The van der Waals surface area contributed by atoms with Crippen LogP contribution in [0.15, 0.2) is 46.9 Å². The van der Waals surface area contributed by atoms with Crippen molar-refractivity contribution in [3.05, 3.63) is 53.6 Å². The summed E-state index contributed by atoms with van der Waals surface area (Å²) in [6, 6.07) is 13.5. The number of oxazole rings is 1. The molecule has 3 saturated heterocycles. The van der Waals surface area contributed by atoms with Gasteiger partial charge in [0, 0.05) is 23.7 Å². The highest BCUT2D eigenvalue weighted by atomic mass is 16.3. The Bertz CT molecular complexity index is 1110. The summed E-state index contributed by atoms with van der Waals surface area (Å²) in [4.78, 5) is 20.1. The minimum atomic E-state index is -0.0669. The zero-order valence-corrected chi connectivity index (χ0v) is 16.4. The van der Waals surface area contributed by atoms with Gasteiger partial charge in [-0.3, -0.25) is 4.79 Å². The molecule has 3 aliphatic rings. The Hall–Kier alpha value is -3.10. The predicted octanol–water partition coefficient (Wildman–Crippen LogP) is 3.69. The van der Waals surface area contributed by atoms with Crippen molar-refractivity contribution < 1.29 is 9.21 Å². The van der Waals surface area contributed by atoms with E-state index in [2.05, 4.69) is 27.0 Å². The molecule has 6 rings (SSSR count). The number of amides is 1. The minimum absolute atomic E-state index is 0.0669. The van der Waals surface area contributed by atoms with Crippen molar-refractivity contribution in [1.29, 1.82) is 0 Å². The van der Waals surface area contributed by atoms with Gasteiger partial charge in [-0.2, -0.15) is 0 Å². The molecule has 0 aliphatic carbocycles. The number of piperidine rings is 3. The summed E-state index contributed by atoms with van der Waals surface area (Å²) in [5.41, 5.74) is 3.62. The topological polar surface area (TPSA) is 58.4 Å². The van der Waals surface area contributed by atoms with Gasteiger partial charge >= 0.3 is 0 Å². The van der Waals surface area contributed by atoms with Crippen LogP contribution in [0.1, 0.15) is 35.7 Å². The summed E-state index contributed by atoms with van der Waals surface area (Å²) < 4.78 is 5.95. The van der Waals surface area contributed by atoms with Crippen LogP contribution in [-0.2, 0) is 0 Å². The molecule has 3 aliphatic heterocycles. The number of benzene rings is 2. The number of carbonyl (C=O) groups excluding carboxylic acids is 1. The lowest BCUT2D eigenvalue weighted by Gasteiger charge is -2.44. The first-order valence-corrected chi connectivity index (χ1v) is 10.2.